The SMILES string of the molecule is CCC(C)C(NC(=O)C(NC(=O)C(N)CCC(=O)O)C(C)O)C(=O)NC(CCCCN)C(=O)O. The van der Waals surface area contributed by atoms with E-state index in [4.69, 9.17) is 16.6 Å². The summed E-state index contributed by atoms with van der Waals surface area (Å²) in [5.41, 5.74) is 11.1. The van der Waals surface area contributed by atoms with Crippen molar-refractivity contribution in [3.8, 4) is 0 Å². The van der Waals surface area contributed by atoms with Crippen molar-refractivity contribution in [2.24, 2.45) is 17.4 Å². The Morgan fingerprint density at radius 2 is 1.41 bits per heavy atom. The van der Waals surface area contributed by atoms with Crippen LogP contribution in [0.5, 0.6) is 0 Å². The molecule has 13 heteroatoms. The summed E-state index contributed by atoms with van der Waals surface area (Å²) >= 11 is 0. The summed E-state index contributed by atoms with van der Waals surface area (Å²) in [7, 11) is 0. The minimum absolute atomic E-state index is 0.167. The number of carboxylic acids is 2. The van der Waals surface area contributed by atoms with E-state index in [0.717, 1.165) is 0 Å². The lowest BCUT2D eigenvalue weighted by atomic mass is 9.96. The Kier molecular flexibility index (Phi) is 14.7. The zero-order valence-electron chi connectivity index (χ0n) is 20.0. The second-order valence-corrected chi connectivity index (χ2v) is 8.32. The van der Waals surface area contributed by atoms with E-state index in [2.05, 4.69) is 16.0 Å². The predicted molar refractivity (Wildman–Crippen MR) is 122 cm³/mol. The van der Waals surface area contributed by atoms with Crippen molar-refractivity contribution >= 4 is 29.7 Å². The largest absolute Gasteiger partial charge is 0.481 e. The van der Waals surface area contributed by atoms with Gasteiger partial charge in [-0.2, -0.15) is 0 Å². The molecule has 0 aliphatic heterocycles. The number of carbonyl (C=O) groups excluding carboxylic acids is 3. The zero-order valence-corrected chi connectivity index (χ0v) is 20.0. The van der Waals surface area contributed by atoms with Gasteiger partial charge >= 0.3 is 11.9 Å². The van der Waals surface area contributed by atoms with Crippen molar-refractivity contribution in [2.45, 2.75) is 89.6 Å². The number of nitrogens with one attached hydrogen (secondary N) is 3. The summed E-state index contributed by atoms with van der Waals surface area (Å²) in [5, 5.41) is 35.3. The van der Waals surface area contributed by atoms with Crippen LogP contribution < -0.4 is 27.4 Å². The highest BCUT2D eigenvalue weighted by Gasteiger charge is 2.34. The molecule has 0 aromatic rings. The van der Waals surface area contributed by atoms with E-state index in [0.29, 0.717) is 25.8 Å². The fourth-order valence-corrected chi connectivity index (χ4v) is 3.03. The van der Waals surface area contributed by atoms with Gasteiger partial charge in [-0.25, -0.2) is 4.79 Å². The Morgan fingerprint density at radius 3 is 1.88 bits per heavy atom. The molecule has 0 aliphatic carbocycles. The molecule has 0 rings (SSSR count). The summed E-state index contributed by atoms with van der Waals surface area (Å²) in [6, 6.07) is -4.99. The van der Waals surface area contributed by atoms with E-state index in [-0.39, 0.29) is 19.3 Å². The van der Waals surface area contributed by atoms with E-state index >= 15 is 0 Å². The number of carbonyl (C=O) groups is 5. The summed E-state index contributed by atoms with van der Waals surface area (Å²) in [5.74, 6) is -5.17. The summed E-state index contributed by atoms with van der Waals surface area (Å²) in [6.07, 6.45) is -0.170. The number of aliphatic hydroxyl groups is 1. The number of hydrogen-bond acceptors (Lipinski definition) is 8. The van der Waals surface area contributed by atoms with Crippen LogP contribution in [0.3, 0.4) is 0 Å². The van der Waals surface area contributed by atoms with Crippen LogP contribution in [-0.2, 0) is 24.0 Å². The molecule has 0 aromatic heterocycles. The summed E-state index contributed by atoms with van der Waals surface area (Å²) < 4.78 is 0. The van der Waals surface area contributed by atoms with E-state index in [1.165, 1.54) is 6.92 Å². The third-order valence-corrected chi connectivity index (χ3v) is 5.42. The number of nitrogens with two attached hydrogens (primary N) is 2. The molecular weight excluding hydrogens is 450 g/mol. The molecule has 0 saturated heterocycles. The van der Waals surface area contributed by atoms with Crippen LogP contribution in [0, 0.1) is 5.92 Å². The maximum Gasteiger partial charge on any atom is 0.326 e. The molecule has 0 radical (unpaired) electrons. The molecule has 196 valence electrons. The molecule has 0 fully saturated rings. The lowest BCUT2D eigenvalue weighted by molar-refractivity contribution is -0.143. The molecule has 10 N–H and O–H groups in total. The molecule has 0 aromatic carbocycles. The van der Waals surface area contributed by atoms with Crippen molar-refractivity contribution in [3.05, 3.63) is 0 Å². The molecule has 3 amide bonds. The molecule has 13 nitrogen and oxygen atoms in total. The van der Waals surface area contributed by atoms with Crippen LogP contribution in [0.2, 0.25) is 0 Å². The van der Waals surface area contributed by atoms with Crippen LogP contribution in [0.15, 0.2) is 0 Å². The first-order valence-corrected chi connectivity index (χ1v) is 11.3. The predicted octanol–water partition coefficient (Wildman–Crippen LogP) is -1.73. The number of amides is 3. The fraction of sp³-hybridized carbons (Fsp3) is 0.762. The van der Waals surface area contributed by atoms with Crippen molar-refractivity contribution in [1.82, 2.24) is 16.0 Å². The maximum absolute atomic E-state index is 12.9. The van der Waals surface area contributed by atoms with Gasteiger partial charge in [0.1, 0.15) is 18.1 Å². The second kappa shape index (κ2) is 16.0. The molecule has 0 saturated carbocycles. The number of unbranched alkanes of at least 4 members (excludes halogenated alkanes) is 1. The van der Waals surface area contributed by atoms with Crippen LogP contribution in [0.4, 0.5) is 0 Å². The molecule has 0 aliphatic rings. The van der Waals surface area contributed by atoms with E-state index in [9.17, 15) is 34.2 Å². The van der Waals surface area contributed by atoms with Gasteiger partial charge in [0, 0.05) is 6.42 Å². The Balaban J connectivity index is 5.40. The number of aliphatic hydroxyl groups excluding tert-OH is 1. The van der Waals surface area contributed by atoms with Gasteiger partial charge in [0.25, 0.3) is 0 Å². The molecule has 0 spiro atoms. The highest BCUT2D eigenvalue weighted by atomic mass is 16.4. The van der Waals surface area contributed by atoms with Crippen LogP contribution in [-0.4, -0.2) is 81.8 Å². The molecule has 34 heavy (non-hydrogen) atoms. The van der Waals surface area contributed by atoms with Crippen LogP contribution in [0.1, 0.15) is 59.3 Å². The average molecular weight is 490 g/mol. The first-order valence-electron chi connectivity index (χ1n) is 11.3. The maximum atomic E-state index is 12.9. The first kappa shape index (κ1) is 31.2. The van der Waals surface area contributed by atoms with Crippen molar-refractivity contribution < 1.29 is 39.3 Å². The van der Waals surface area contributed by atoms with Gasteiger partial charge in [0.15, 0.2) is 0 Å². The van der Waals surface area contributed by atoms with Crippen molar-refractivity contribution in [1.29, 1.82) is 0 Å². The van der Waals surface area contributed by atoms with Gasteiger partial charge in [-0.05, 0) is 45.1 Å². The summed E-state index contributed by atoms with van der Waals surface area (Å²) in [6.45, 7) is 5.11. The van der Waals surface area contributed by atoms with Crippen molar-refractivity contribution in [3.63, 3.8) is 0 Å². The molecule has 6 unspecified atom stereocenters. The van der Waals surface area contributed by atoms with Gasteiger partial charge in [0.05, 0.1) is 12.1 Å². The smallest absolute Gasteiger partial charge is 0.326 e. The second-order valence-electron chi connectivity index (χ2n) is 8.32. The van der Waals surface area contributed by atoms with Crippen LogP contribution in [0.25, 0.3) is 0 Å². The highest BCUT2D eigenvalue weighted by molar-refractivity contribution is 5.94. The van der Waals surface area contributed by atoms with Gasteiger partial charge < -0.3 is 42.7 Å². The topological polar surface area (TPSA) is 234 Å². The molecule has 0 heterocycles. The molecule has 6 atom stereocenters. The van der Waals surface area contributed by atoms with Gasteiger partial charge in [-0.1, -0.05) is 20.3 Å². The monoisotopic (exact) mass is 489 g/mol. The van der Waals surface area contributed by atoms with E-state index in [1.807, 2.05) is 0 Å². The molecular formula is C21H39N5O8. The van der Waals surface area contributed by atoms with Crippen LogP contribution >= 0.6 is 0 Å². The van der Waals surface area contributed by atoms with Crippen molar-refractivity contribution in [2.75, 3.05) is 6.54 Å². The minimum Gasteiger partial charge on any atom is -0.481 e. The zero-order chi connectivity index (χ0) is 26.4. The molecule has 0 bridgehead atoms. The lowest BCUT2D eigenvalue weighted by Gasteiger charge is -2.29. The van der Waals surface area contributed by atoms with Gasteiger partial charge in [-0.3, -0.25) is 19.2 Å². The van der Waals surface area contributed by atoms with E-state index < -0.39 is 65.8 Å². The van der Waals surface area contributed by atoms with Gasteiger partial charge in [0.2, 0.25) is 17.7 Å². The highest BCUT2D eigenvalue weighted by Crippen LogP contribution is 2.11. The Labute approximate surface area is 199 Å². The normalized spacial score (nSPS) is 16.3. The Bertz CT molecular complexity index is 703. The Morgan fingerprint density at radius 1 is 0.853 bits per heavy atom. The summed E-state index contributed by atoms with van der Waals surface area (Å²) in [4.78, 5) is 60.2. The number of hydrogen-bond donors (Lipinski definition) is 8. The Hall–Kier alpha value is -2.77. The minimum atomic E-state index is -1.47. The first-order chi connectivity index (χ1) is 15.8. The van der Waals surface area contributed by atoms with E-state index in [1.54, 1.807) is 13.8 Å². The third-order valence-electron chi connectivity index (χ3n) is 5.42. The standard InChI is InChI=1S/C21H39N5O8/c1-4-11(2)16(19(31)24-14(21(33)34)7-5-6-10-22)25-20(32)17(12(3)27)26-18(30)13(23)8-9-15(28)29/h11-14,16-17,27H,4-10,22-23H2,1-3H3,(H,24,31)(H,25,32)(H,26,30)(H,28,29)(H,33,34). The van der Waals surface area contributed by atoms with Gasteiger partial charge in [-0.15, -0.1) is 0 Å². The number of aliphatic carboxylic acids is 2. The number of rotatable bonds is 17. The number of carboxylic acid groups (broad SMARTS) is 2. The lowest BCUT2D eigenvalue weighted by Crippen LogP contribution is -2.61. The fourth-order valence-electron chi connectivity index (χ4n) is 3.03. The quantitative estimate of drug-likeness (QED) is 0.107. The third kappa shape index (κ3) is 11.4. The average Bonchev–Trinajstić information content (AvgIpc) is 2.77.